The van der Waals surface area contributed by atoms with Gasteiger partial charge in [-0.25, -0.2) is 22.6 Å². The Morgan fingerprint density at radius 2 is 1.77 bits per heavy atom. The summed E-state index contributed by atoms with van der Waals surface area (Å²) >= 11 is 0. The quantitative estimate of drug-likeness (QED) is 0.747. The summed E-state index contributed by atoms with van der Waals surface area (Å²) in [5, 5.41) is 7.03. The zero-order chi connectivity index (χ0) is 21.2. The molecular weight excluding hydrogens is 420 g/mol. The Hall–Kier alpha value is -2.59. The van der Waals surface area contributed by atoms with Gasteiger partial charge in [-0.3, -0.25) is 0 Å². The van der Waals surface area contributed by atoms with Crippen LogP contribution in [0.1, 0.15) is 35.1 Å². The van der Waals surface area contributed by atoms with Crippen LogP contribution in [0.5, 0.6) is 5.88 Å². The number of sulfonamides is 1. The van der Waals surface area contributed by atoms with E-state index in [9.17, 15) is 13.2 Å². The molecule has 2 N–H and O–H groups in total. The topological polar surface area (TPSA) is 112 Å². The van der Waals surface area contributed by atoms with Crippen molar-refractivity contribution in [2.75, 3.05) is 25.1 Å². The molecule has 1 spiro atoms. The highest BCUT2D eigenvalue weighted by Crippen LogP contribution is 2.39. The van der Waals surface area contributed by atoms with E-state index in [1.807, 2.05) is 0 Å². The predicted molar refractivity (Wildman–Crippen MR) is 111 cm³/mol. The van der Waals surface area contributed by atoms with Crippen LogP contribution in [-0.2, 0) is 47.0 Å². The number of ether oxygens (including phenoxy) is 2. The second kappa shape index (κ2) is 6.70. The van der Waals surface area contributed by atoms with Gasteiger partial charge in [0.25, 0.3) is 10.0 Å². The van der Waals surface area contributed by atoms with Gasteiger partial charge >= 0.3 is 6.03 Å². The fourth-order valence-corrected chi connectivity index (χ4v) is 6.22. The van der Waals surface area contributed by atoms with E-state index in [0.717, 1.165) is 55.3 Å². The number of fused-ring (bicyclic) bond motifs is 3. The lowest BCUT2D eigenvalue weighted by Gasteiger charge is -2.43. The van der Waals surface area contributed by atoms with Crippen molar-refractivity contribution in [2.24, 2.45) is 5.41 Å². The number of nitrogens with zero attached hydrogens (tertiary/aromatic N) is 2. The minimum atomic E-state index is -4.13. The maximum absolute atomic E-state index is 12.9. The Morgan fingerprint density at radius 1 is 1.06 bits per heavy atom. The lowest BCUT2D eigenvalue weighted by atomic mass is 9.86. The fourth-order valence-electron chi connectivity index (χ4n) is 5.23. The summed E-state index contributed by atoms with van der Waals surface area (Å²) in [7, 11) is -4.13. The Bertz CT molecular complexity index is 1170. The van der Waals surface area contributed by atoms with Crippen molar-refractivity contribution in [3.63, 3.8) is 0 Å². The summed E-state index contributed by atoms with van der Waals surface area (Å²) in [6, 6.07) is 1.51. The van der Waals surface area contributed by atoms with Gasteiger partial charge in [0.2, 0.25) is 5.88 Å². The summed E-state index contributed by atoms with van der Waals surface area (Å²) in [5.41, 5.74) is 5.49. The molecule has 2 amide bonds. The fraction of sp³-hybridized carbons (Fsp3) is 0.524. The smallest absolute Gasteiger partial charge is 0.333 e. The van der Waals surface area contributed by atoms with Gasteiger partial charge < -0.3 is 14.8 Å². The van der Waals surface area contributed by atoms with Crippen LogP contribution < -0.4 is 14.8 Å². The molecule has 6 rings (SSSR count). The molecule has 1 fully saturated rings. The Balaban J connectivity index is 1.24. The van der Waals surface area contributed by atoms with Gasteiger partial charge in [0, 0.05) is 5.69 Å². The zero-order valence-corrected chi connectivity index (χ0v) is 17.9. The number of carbonyl (C=O) groups is 1. The molecular formula is C21H24N4O5S. The third-order valence-electron chi connectivity index (χ3n) is 6.80. The second-order valence-corrected chi connectivity index (χ2v) is 10.7. The molecule has 31 heavy (non-hydrogen) atoms. The molecule has 0 atom stereocenters. The molecule has 1 aromatic heterocycles. The molecule has 10 heteroatoms. The Kier molecular flexibility index (Phi) is 4.13. The number of carbonyl (C=O) groups excluding carboxylic acids is 1. The number of hydrogen-bond donors (Lipinski definition) is 2. The van der Waals surface area contributed by atoms with E-state index in [2.05, 4.69) is 21.2 Å². The lowest BCUT2D eigenvalue weighted by molar-refractivity contribution is -0.154. The van der Waals surface area contributed by atoms with Crippen molar-refractivity contribution in [1.29, 1.82) is 0 Å². The Labute approximate surface area is 180 Å². The van der Waals surface area contributed by atoms with Gasteiger partial charge in [-0.05, 0) is 60.8 Å². The first-order valence-corrected chi connectivity index (χ1v) is 12.2. The van der Waals surface area contributed by atoms with E-state index < -0.39 is 16.1 Å². The van der Waals surface area contributed by atoms with Crippen molar-refractivity contribution >= 4 is 21.7 Å². The second-order valence-electron chi connectivity index (χ2n) is 9.05. The predicted octanol–water partition coefficient (Wildman–Crippen LogP) is 1.78. The molecule has 1 saturated heterocycles. The average Bonchev–Trinajstić information content (AvgIpc) is 3.44. The maximum Gasteiger partial charge on any atom is 0.333 e. The van der Waals surface area contributed by atoms with E-state index in [0.29, 0.717) is 26.4 Å². The van der Waals surface area contributed by atoms with E-state index in [1.54, 1.807) is 0 Å². The number of urea groups is 1. The van der Waals surface area contributed by atoms with Crippen LogP contribution >= 0.6 is 0 Å². The van der Waals surface area contributed by atoms with Crippen LogP contribution in [-0.4, -0.2) is 44.1 Å². The minimum absolute atomic E-state index is 0.124. The van der Waals surface area contributed by atoms with E-state index in [4.69, 9.17) is 9.47 Å². The molecule has 164 valence electrons. The van der Waals surface area contributed by atoms with E-state index in [-0.39, 0.29) is 16.2 Å². The minimum Gasteiger partial charge on any atom is -0.476 e. The molecule has 2 aliphatic heterocycles. The highest BCUT2D eigenvalue weighted by Gasteiger charge is 2.45. The number of aryl methyl sites for hydroxylation is 2. The summed E-state index contributed by atoms with van der Waals surface area (Å²) in [4.78, 5) is 12.6. The van der Waals surface area contributed by atoms with Gasteiger partial charge in [0.05, 0.1) is 31.4 Å². The van der Waals surface area contributed by atoms with Crippen LogP contribution in [0.15, 0.2) is 17.2 Å². The number of amides is 2. The average molecular weight is 445 g/mol. The van der Waals surface area contributed by atoms with Crippen LogP contribution in [0.2, 0.25) is 0 Å². The highest BCUT2D eigenvalue weighted by atomic mass is 32.2. The van der Waals surface area contributed by atoms with Gasteiger partial charge in [0.15, 0.2) is 4.90 Å². The summed E-state index contributed by atoms with van der Waals surface area (Å²) in [5.74, 6) is 0.166. The number of hydrogen-bond acceptors (Lipinski definition) is 6. The van der Waals surface area contributed by atoms with Crippen molar-refractivity contribution in [3.8, 4) is 5.88 Å². The van der Waals surface area contributed by atoms with Crippen LogP contribution in [0.4, 0.5) is 10.5 Å². The van der Waals surface area contributed by atoms with E-state index in [1.165, 1.54) is 22.0 Å². The van der Waals surface area contributed by atoms with Gasteiger partial charge in [-0.15, -0.1) is 0 Å². The third-order valence-corrected chi connectivity index (χ3v) is 8.12. The van der Waals surface area contributed by atoms with Gasteiger partial charge in [-0.2, -0.15) is 5.10 Å². The van der Waals surface area contributed by atoms with E-state index >= 15 is 0 Å². The monoisotopic (exact) mass is 444 g/mol. The standard InChI is InChI=1S/C21H24N4O5S/c26-20(23-18-15-5-1-3-13(15)7-14-4-2-6-16(14)18)24-31(27,28)17-8-22-25-9-21(10-29-11-21)12-30-19(17)25/h7-8H,1-6,9-12H2,(H2,23,24,26). The van der Waals surface area contributed by atoms with Crippen molar-refractivity contribution in [1.82, 2.24) is 14.5 Å². The number of aromatic nitrogens is 2. The largest absolute Gasteiger partial charge is 0.476 e. The first kappa shape index (κ1) is 19.1. The molecule has 3 heterocycles. The number of benzene rings is 1. The van der Waals surface area contributed by atoms with Crippen molar-refractivity contribution in [2.45, 2.75) is 50.0 Å². The number of anilines is 1. The molecule has 1 aromatic carbocycles. The first-order chi connectivity index (χ1) is 14.9. The molecule has 0 radical (unpaired) electrons. The summed E-state index contributed by atoms with van der Waals surface area (Å²) < 4.78 is 40.6. The molecule has 4 aliphatic rings. The first-order valence-electron chi connectivity index (χ1n) is 10.7. The van der Waals surface area contributed by atoms with Crippen molar-refractivity contribution in [3.05, 3.63) is 34.5 Å². The third kappa shape index (κ3) is 3.03. The maximum atomic E-state index is 12.9. The molecule has 0 unspecified atom stereocenters. The van der Waals surface area contributed by atoms with Crippen LogP contribution in [0.3, 0.4) is 0 Å². The summed E-state index contributed by atoms with van der Waals surface area (Å²) in [6.45, 7) is 2.05. The number of rotatable bonds is 3. The molecule has 9 nitrogen and oxygen atoms in total. The summed E-state index contributed by atoms with van der Waals surface area (Å²) in [6.07, 6.45) is 7.16. The molecule has 2 aromatic rings. The Morgan fingerprint density at radius 3 is 2.42 bits per heavy atom. The molecule has 0 saturated carbocycles. The lowest BCUT2D eigenvalue weighted by Crippen LogP contribution is -2.52. The van der Waals surface area contributed by atoms with Gasteiger partial charge in [-0.1, -0.05) is 6.07 Å². The SMILES string of the molecule is O=C(Nc1c2c(cc3c1CCC3)CCC2)NS(=O)(=O)c1cnn2c1OCC1(COC1)C2. The van der Waals surface area contributed by atoms with Crippen LogP contribution in [0.25, 0.3) is 0 Å². The highest BCUT2D eigenvalue weighted by molar-refractivity contribution is 7.90. The van der Waals surface area contributed by atoms with Gasteiger partial charge in [0.1, 0.15) is 6.61 Å². The molecule has 0 bridgehead atoms. The van der Waals surface area contributed by atoms with Crippen LogP contribution in [0, 0.1) is 5.41 Å². The van der Waals surface area contributed by atoms with Crippen molar-refractivity contribution < 1.29 is 22.7 Å². The molecule has 2 aliphatic carbocycles. The number of nitrogens with one attached hydrogen (secondary N) is 2. The zero-order valence-electron chi connectivity index (χ0n) is 17.1. The normalized spacial score (nSPS) is 20.4.